The number of rotatable bonds is 6. The molecular weight excluding hydrogens is 364 g/mol. The van der Waals surface area contributed by atoms with Crippen LogP contribution in [0.25, 0.3) is 0 Å². The maximum Gasteiger partial charge on any atom is 0.291 e. The first-order chi connectivity index (χ1) is 13.8. The molecule has 1 aliphatic heterocycles. The average molecular weight is 397 g/mol. The molecule has 0 radical (unpaired) electrons. The first kappa shape index (κ1) is 21.2. The van der Waals surface area contributed by atoms with Gasteiger partial charge in [-0.25, -0.2) is 9.97 Å². The third-order valence-electron chi connectivity index (χ3n) is 5.54. The molecule has 1 N–H and O–H groups in total. The molecule has 0 saturated carbocycles. The topological polar surface area (TPSA) is 74.2 Å². The SMILES string of the molecule is Cc1nc(C(=O)N(C)C)nc(N2CC[C@@H](NC(c3ccccn3)C(C)C)C2)c1C. The maximum absolute atomic E-state index is 12.4. The van der Waals surface area contributed by atoms with Crippen molar-refractivity contribution in [3.05, 3.63) is 47.2 Å². The average Bonchev–Trinajstić information content (AvgIpc) is 3.16. The van der Waals surface area contributed by atoms with Crippen molar-refractivity contribution in [1.29, 1.82) is 0 Å². The minimum Gasteiger partial charge on any atom is -0.355 e. The van der Waals surface area contributed by atoms with Gasteiger partial charge in [-0.1, -0.05) is 19.9 Å². The quantitative estimate of drug-likeness (QED) is 0.809. The van der Waals surface area contributed by atoms with Gasteiger partial charge in [0.25, 0.3) is 5.91 Å². The molecule has 3 heterocycles. The summed E-state index contributed by atoms with van der Waals surface area (Å²) in [5, 5.41) is 3.80. The Labute approximate surface area is 173 Å². The zero-order chi connectivity index (χ0) is 21.1. The smallest absolute Gasteiger partial charge is 0.291 e. The van der Waals surface area contributed by atoms with Gasteiger partial charge >= 0.3 is 0 Å². The van der Waals surface area contributed by atoms with Crippen molar-refractivity contribution in [1.82, 2.24) is 25.2 Å². The Balaban J connectivity index is 1.77. The molecule has 0 spiro atoms. The molecule has 29 heavy (non-hydrogen) atoms. The zero-order valence-electron chi connectivity index (χ0n) is 18.3. The highest BCUT2D eigenvalue weighted by Crippen LogP contribution is 2.27. The summed E-state index contributed by atoms with van der Waals surface area (Å²) in [5.74, 6) is 1.40. The molecule has 0 aromatic carbocycles. The maximum atomic E-state index is 12.4. The molecule has 1 amide bonds. The van der Waals surface area contributed by atoms with Crippen LogP contribution < -0.4 is 10.2 Å². The second-order valence-electron chi connectivity index (χ2n) is 8.36. The van der Waals surface area contributed by atoms with E-state index < -0.39 is 0 Å². The Bertz CT molecular complexity index is 852. The predicted octanol–water partition coefficient (Wildman–Crippen LogP) is 2.76. The summed E-state index contributed by atoms with van der Waals surface area (Å²) in [6.45, 7) is 10.2. The second kappa shape index (κ2) is 8.86. The van der Waals surface area contributed by atoms with Crippen LogP contribution in [0.3, 0.4) is 0 Å². The van der Waals surface area contributed by atoms with Gasteiger partial charge in [-0.3, -0.25) is 9.78 Å². The molecule has 1 saturated heterocycles. The van der Waals surface area contributed by atoms with E-state index in [1.165, 1.54) is 4.90 Å². The molecule has 7 nitrogen and oxygen atoms in total. The van der Waals surface area contributed by atoms with Crippen molar-refractivity contribution < 1.29 is 4.79 Å². The molecule has 1 unspecified atom stereocenters. The summed E-state index contributed by atoms with van der Waals surface area (Å²) in [7, 11) is 3.44. The van der Waals surface area contributed by atoms with Crippen LogP contribution in [0.1, 0.15) is 53.9 Å². The Kier molecular flexibility index (Phi) is 6.47. The Morgan fingerprint density at radius 2 is 2.00 bits per heavy atom. The number of anilines is 1. The third kappa shape index (κ3) is 4.72. The van der Waals surface area contributed by atoms with Crippen molar-refractivity contribution in [3.63, 3.8) is 0 Å². The van der Waals surface area contributed by atoms with Gasteiger partial charge in [0.05, 0.1) is 11.7 Å². The lowest BCUT2D eigenvalue weighted by molar-refractivity contribution is 0.0815. The molecule has 2 atom stereocenters. The number of aryl methyl sites for hydroxylation is 1. The summed E-state index contributed by atoms with van der Waals surface area (Å²) >= 11 is 0. The van der Waals surface area contributed by atoms with Crippen LogP contribution in [0.4, 0.5) is 5.82 Å². The molecule has 1 fully saturated rings. The molecular formula is C22H32N6O. The van der Waals surface area contributed by atoms with E-state index in [9.17, 15) is 4.79 Å². The first-order valence-corrected chi connectivity index (χ1v) is 10.3. The number of nitrogens with zero attached hydrogens (tertiary/aromatic N) is 5. The first-order valence-electron chi connectivity index (χ1n) is 10.3. The number of pyridine rings is 1. The summed E-state index contributed by atoms with van der Waals surface area (Å²) < 4.78 is 0. The van der Waals surface area contributed by atoms with E-state index in [0.717, 1.165) is 42.3 Å². The Morgan fingerprint density at radius 3 is 2.62 bits per heavy atom. The van der Waals surface area contributed by atoms with Gasteiger partial charge < -0.3 is 15.1 Å². The molecule has 0 aliphatic carbocycles. The van der Waals surface area contributed by atoms with Gasteiger partial charge in [0, 0.05) is 50.7 Å². The zero-order valence-corrected chi connectivity index (χ0v) is 18.3. The van der Waals surface area contributed by atoms with E-state index in [0.29, 0.717) is 12.0 Å². The van der Waals surface area contributed by atoms with Gasteiger partial charge in [0.1, 0.15) is 5.82 Å². The number of nitrogens with one attached hydrogen (secondary N) is 1. The number of carbonyl (C=O) groups is 1. The standard InChI is InChI=1S/C22H32N6O/c1-14(2)19(18-9-7-8-11-23-18)25-17-10-12-28(13-17)21-15(3)16(4)24-20(26-21)22(29)27(5)6/h7-9,11,14,17,19,25H,10,12-13H2,1-6H3/t17-,19?/m1/s1. The molecule has 3 rings (SSSR count). The highest BCUT2D eigenvalue weighted by molar-refractivity contribution is 5.90. The fourth-order valence-corrected chi connectivity index (χ4v) is 3.74. The minimum absolute atomic E-state index is 0.168. The van der Waals surface area contributed by atoms with Crippen LogP contribution in [0, 0.1) is 19.8 Å². The molecule has 156 valence electrons. The molecule has 0 bridgehead atoms. The minimum atomic E-state index is -0.168. The van der Waals surface area contributed by atoms with Gasteiger partial charge in [-0.2, -0.15) is 0 Å². The van der Waals surface area contributed by atoms with Crippen LogP contribution in [-0.4, -0.2) is 59.0 Å². The van der Waals surface area contributed by atoms with Crippen molar-refractivity contribution in [2.75, 3.05) is 32.1 Å². The molecule has 1 aliphatic rings. The largest absolute Gasteiger partial charge is 0.355 e. The van der Waals surface area contributed by atoms with E-state index in [2.05, 4.69) is 45.1 Å². The van der Waals surface area contributed by atoms with Crippen LogP contribution >= 0.6 is 0 Å². The highest BCUT2D eigenvalue weighted by atomic mass is 16.2. The van der Waals surface area contributed by atoms with Crippen molar-refractivity contribution in [3.8, 4) is 0 Å². The number of hydrogen-bond donors (Lipinski definition) is 1. The fraction of sp³-hybridized carbons (Fsp3) is 0.545. The lowest BCUT2D eigenvalue weighted by Crippen LogP contribution is -2.38. The van der Waals surface area contributed by atoms with Gasteiger partial charge in [-0.05, 0) is 38.3 Å². The predicted molar refractivity (Wildman–Crippen MR) is 115 cm³/mol. The third-order valence-corrected chi connectivity index (χ3v) is 5.54. The van der Waals surface area contributed by atoms with Crippen LogP contribution in [0.2, 0.25) is 0 Å². The van der Waals surface area contributed by atoms with Crippen molar-refractivity contribution >= 4 is 11.7 Å². The van der Waals surface area contributed by atoms with Gasteiger partial charge in [0.15, 0.2) is 0 Å². The summed E-state index contributed by atoms with van der Waals surface area (Å²) in [6.07, 6.45) is 2.87. The Morgan fingerprint density at radius 1 is 1.24 bits per heavy atom. The summed E-state index contributed by atoms with van der Waals surface area (Å²) in [4.78, 5) is 29.7. The number of hydrogen-bond acceptors (Lipinski definition) is 6. The summed E-state index contributed by atoms with van der Waals surface area (Å²) in [5.41, 5.74) is 2.96. The van der Waals surface area contributed by atoms with Crippen LogP contribution in [-0.2, 0) is 0 Å². The van der Waals surface area contributed by atoms with Gasteiger partial charge in [-0.15, -0.1) is 0 Å². The van der Waals surface area contributed by atoms with Gasteiger partial charge in [0.2, 0.25) is 5.82 Å². The fourth-order valence-electron chi connectivity index (χ4n) is 3.74. The van der Waals surface area contributed by atoms with E-state index >= 15 is 0 Å². The second-order valence-corrected chi connectivity index (χ2v) is 8.36. The lowest BCUT2D eigenvalue weighted by atomic mass is 9.99. The van der Waals surface area contributed by atoms with E-state index in [1.807, 2.05) is 32.2 Å². The summed E-state index contributed by atoms with van der Waals surface area (Å²) in [6, 6.07) is 6.62. The normalized spacial score (nSPS) is 17.6. The lowest BCUT2D eigenvalue weighted by Gasteiger charge is -2.26. The number of aromatic nitrogens is 3. The van der Waals surface area contributed by atoms with Crippen LogP contribution in [0.15, 0.2) is 24.4 Å². The van der Waals surface area contributed by atoms with Crippen LogP contribution in [0.5, 0.6) is 0 Å². The van der Waals surface area contributed by atoms with Crippen molar-refractivity contribution in [2.45, 2.75) is 46.2 Å². The van der Waals surface area contributed by atoms with Crippen molar-refractivity contribution in [2.24, 2.45) is 5.92 Å². The van der Waals surface area contributed by atoms with E-state index in [4.69, 9.17) is 0 Å². The van der Waals surface area contributed by atoms with E-state index in [-0.39, 0.29) is 17.8 Å². The number of carbonyl (C=O) groups excluding carboxylic acids is 1. The molecule has 2 aromatic heterocycles. The monoisotopic (exact) mass is 396 g/mol. The molecule has 7 heteroatoms. The van der Waals surface area contributed by atoms with E-state index in [1.54, 1.807) is 14.1 Å². The Hall–Kier alpha value is -2.54. The number of amides is 1. The highest BCUT2D eigenvalue weighted by Gasteiger charge is 2.29. The molecule has 2 aromatic rings.